The standard InChI is InChI=1S/C19H22O2/c1-13(2)21-18-9-4-3-8-17(18)19(20)16-11-10-14-6-5-7-15(14)12-16/h3-4,8-13,19-20H,5-7H2,1-2H3. The second kappa shape index (κ2) is 5.90. The van der Waals surface area contributed by atoms with Crippen LogP contribution in [0.15, 0.2) is 42.5 Å². The van der Waals surface area contributed by atoms with Gasteiger partial charge in [0.1, 0.15) is 11.9 Å². The molecule has 1 atom stereocenters. The van der Waals surface area contributed by atoms with Crippen LogP contribution >= 0.6 is 0 Å². The Hall–Kier alpha value is -1.80. The molecule has 0 heterocycles. The number of para-hydroxylation sites is 1. The van der Waals surface area contributed by atoms with Gasteiger partial charge in [-0.1, -0.05) is 36.4 Å². The first-order valence-corrected chi connectivity index (χ1v) is 7.70. The van der Waals surface area contributed by atoms with Gasteiger partial charge in [-0.15, -0.1) is 0 Å². The van der Waals surface area contributed by atoms with E-state index in [1.54, 1.807) is 0 Å². The molecule has 1 aliphatic rings. The van der Waals surface area contributed by atoms with Gasteiger partial charge in [0.15, 0.2) is 0 Å². The zero-order chi connectivity index (χ0) is 14.8. The zero-order valence-corrected chi connectivity index (χ0v) is 12.7. The van der Waals surface area contributed by atoms with E-state index < -0.39 is 6.10 Å². The molecular weight excluding hydrogens is 260 g/mol. The van der Waals surface area contributed by atoms with E-state index >= 15 is 0 Å². The Morgan fingerprint density at radius 3 is 2.57 bits per heavy atom. The van der Waals surface area contributed by atoms with Crippen LogP contribution in [0.5, 0.6) is 5.75 Å². The van der Waals surface area contributed by atoms with Crippen LogP contribution in [0.2, 0.25) is 0 Å². The number of aryl methyl sites for hydroxylation is 2. The third-order valence-electron chi connectivity index (χ3n) is 4.01. The summed E-state index contributed by atoms with van der Waals surface area (Å²) in [6.45, 7) is 4.00. The summed E-state index contributed by atoms with van der Waals surface area (Å²) in [6.07, 6.45) is 2.98. The second-order valence-corrected chi connectivity index (χ2v) is 5.99. The number of hydrogen-bond donors (Lipinski definition) is 1. The van der Waals surface area contributed by atoms with Gasteiger partial charge in [0.25, 0.3) is 0 Å². The first-order chi connectivity index (χ1) is 10.1. The molecule has 0 fully saturated rings. The topological polar surface area (TPSA) is 29.5 Å². The SMILES string of the molecule is CC(C)Oc1ccccc1C(O)c1ccc2c(c1)CCC2. The Kier molecular flexibility index (Phi) is 3.98. The van der Waals surface area contributed by atoms with Gasteiger partial charge in [-0.3, -0.25) is 0 Å². The normalized spacial score (nSPS) is 15.0. The van der Waals surface area contributed by atoms with Crippen molar-refractivity contribution < 1.29 is 9.84 Å². The molecule has 0 bridgehead atoms. The maximum atomic E-state index is 10.7. The van der Waals surface area contributed by atoms with Gasteiger partial charge in [0.2, 0.25) is 0 Å². The number of rotatable bonds is 4. The molecule has 0 spiro atoms. The molecule has 0 saturated carbocycles. The summed E-state index contributed by atoms with van der Waals surface area (Å²) in [5.41, 5.74) is 4.60. The highest BCUT2D eigenvalue weighted by molar-refractivity contribution is 5.43. The van der Waals surface area contributed by atoms with Crippen molar-refractivity contribution in [2.45, 2.75) is 45.3 Å². The van der Waals surface area contributed by atoms with Gasteiger partial charge in [-0.2, -0.15) is 0 Å². The van der Waals surface area contributed by atoms with Crippen molar-refractivity contribution in [2.24, 2.45) is 0 Å². The van der Waals surface area contributed by atoms with Gasteiger partial charge in [0.05, 0.1) is 6.10 Å². The first kappa shape index (κ1) is 14.2. The van der Waals surface area contributed by atoms with Crippen LogP contribution in [0.1, 0.15) is 48.6 Å². The predicted octanol–water partition coefficient (Wildman–Crippen LogP) is 4.04. The Labute approximate surface area is 126 Å². The van der Waals surface area contributed by atoms with Gasteiger partial charge in [-0.05, 0) is 55.9 Å². The van der Waals surface area contributed by atoms with Crippen LogP contribution in [-0.2, 0) is 12.8 Å². The van der Waals surface area contributed by atoms with Gasteiger partial charge < -0.3 is 9.84 Å². The molecular formula is C19H22O2. The molecule has 0 saturated heterocycles. The lowest BCUT2D eigenvalue weighted by atomic mass is 9.97. The number of hydrogen-bond acceptors (Lipinski definition) is 2. The van der Waals surface area contributed by atoms with Crippen molar-refractivity contribution in [1.82, 2.24) is 0 Å². The summed E-state index contributed by atoms with van der Waals surface area (Å²) in [6, 6.07) is 14.1. The van der Waals surface area contributed by atoms with Crippen LogP contribution in [0.25, 0.3) is 0 Å². The molecule has 1 unspecified atom stereocenters. The zero-order valence-electron chi connectivity index (χ0n) is 12.7. The van der Waals surface area contributed by atoms with Gasteiger partial charge in [-0.25, -0.2) is 0 Å². The lowest BCUT2D eigenvalue weighted by molar-refractivity contribution is 0.198. The van der Waals surface area contributed by atoms with Crippen molar-refractivity contribution in [3.8, 4) is 5.75 Å². The molecule has 110 valence electrons. The lowest BCUT2D eigenvalue weighted by Gasteiger charge is -2.19. The average Bonchev–Trinajstić information content (AvgIpc) is 2.94. The molecule has 2 aromatic carbocycles. The summed E-state index contributed by atoms with van der Waals surface area (Å²) >= 11 is 0. The fourth-order valence-corrected chi connectivity index (χ4v) is 3.01. The Morgan fingerprint density at radius 1 is 1.00 bits per heavy atom. The summed E-state index contributed by atoms with van der Waals surface area (Å²) in [5.74, 6) is 0.764. The predicted molar refractivity (Wildman–Crippen MR) is 84.7 cm³/mol. The fraction of sp³-hybridized carbons (Fsp3) is 0.368. The van der Waals surface area contributed by atoms with Crippen molar-refractivity contribution in [3.63, 3.8) is 0 Å². The molecule has 2 heteroatoms. The molecule has 2 aromatic rings. The van der Waals surface area contributed by atoms with Crippen molar-refractivity contribution in [2.75, 3.05) is 0 Å². The highest BCUT2D eigenvalue weighted by Crippen LogP contribution is 2.33. The highest BCUT2D eigenvalue weighted by atomic mass is 16.5. The summed E-state index contributed by atoms with van der Waals surface area (Å²) in [4.78, 5) is 0. The van der Waals surface area contributed by atoms with Crippen LogP contribution in [0.4, 0.5) is 0 Å². The number of fused-ring (bicyclic) bond motifs is 1. The largest absolute Gasteiger partial charge is 0.491 e. The third kappa shape index (κ3) is 2.96. The summed E-state index contributed by atoms with van der Waals surface area (Å²) in [7, 11) is 0. The molecule has 3 rings (SSSR count). The Balaban J connectivity index is 1.93. The van der Waals surface area contributed by atoms with Crippen LogP contribution in [-0.4, -0.2) is 11.2 Å². The number of ether oxygens (including phenoxy) is 1. The molecule has 0 aliphatic heterocycles. The van der Waals surface area contributed by atoms with E-state index in [1.165, 1.54) is 24.0 Å². The van der Waals surface area contributed by atoms with E-state index in [-0.39, 0.29) is 6.10 Å². The quantitative estimate of drug-likeness (QED) is 0.917. The van der Waals surface area contributed by atoms with E-state index in [4.69, 9.17) is 4.74 Å². The molecule has 1 N–H and O–H groups in total. The van der Waals surface area contributed by atoms with Crippen LogP contribution < -0.4 is 4.74 Å². The van der Waals surface area contributed by atoms with Crippen LogP contribution in [0, 0.1) is 0 Å². The molecule has 2 nitrogen and oxygen atoms in total. The minimum atomic E-state index is -0.633. The van der Waals surface area contributed by atoms with Crippen LogP contribution in [0.3, 0.4) is 0 Å². The molecule has 1 aliphatic carbocycles. The number of benzene rings is 2. The first-order valence-electron chi connectivity index (χ1n) is 7.70. The summed E-state index contributed by atoms with van der Waals surface area (Å²) < 4.78 is 5.82. The minimum absolute atomic E-state index is 0.0957. The molecule has 21 heavy (non-hydrogen) atoms. The van der Waals surface area contributed by atoms with E-state index in [9.17, 15) is 5.11 Å². The molecule has 0 amide bonds. The average molecular weight is 282 g/mol. The lowest BCUT2D eigenvalue weighted by Crippen LogP contribution is -2.10. The molecule has 0 radical (unpaired) electrons. The van der Waals surface area contributed by atoms with Crippen molar-refractivity contribution in [1.29, 1.82) is 0 Å². The van der Waals surface area contributed by atoms with E-state index in [2.05, 4.69) is 12.1 Å². The van der Waals surface area contributed by atoms with Crippen molar-refractivity contribution >= 4 is 0 Å². The number of aliphatic hydroxyl groups excluding tert-OH is 1. The van der Waals surface area contributed by atoms with E-state index in [1.807, 2.05) is 44.2 Å². The monoisotopic (exact) mass is 282 g/mol. The molecule has 0 aromatic heterocycles. The minimum Gasteiger partial charge on any atom is -0.491 e. The van der Waals surface area contributed by atoms with E-state index in [0.29, 0.717) is 0 Å². The smallest absolute Gasteiger partial charge is 0.125 e. The number of aliphatic hydroxyl groups is 1. The third-order valence-corrected chi connectivity index (χ3v) is 4.01. The van der Waals surface area contributed by atoms with E-state index in [0.717, 1.165) is 23.3 Å². The van der Waals surface area contributed by atoms with Crippen molar-refractivity contribution in [3.05, 3.63) is 64.7 Å². The maximum Gasteiger partial charge on any atom is 0.125 e. The van der Waals surface area contributed by atoms with Gasteiger partial charge in [0, 0.05) is 5.56 Å². The Bertz CT molecular complexity index is 631. The maximum absolute atomic E-state index is 10.7. The second-order valence-electron chi connectivity index (χ2n) is 5.99. The fourth-order valence-electron chi connectivity index (χ4n) is 3.01. The Morgan fingerprint density at radius 2 is 1.76 bits per heavy atom. The van der Waals surface area contributed by atoms with Gasteiger partial charge >= 0.3 is 0 Å². The summed E-state index contributed by atoms with van der Waals surface area (Å²) in [5, 5.41) is 10.7. The highest BCUT2D eigenvalue weighted by Gasteiger charge is 2.18.